The molecule has 0 radical (unpaired) electrons. The summed E-state index contributed by atoms with van der Waals surface area (Å²) in [6.45, 7) is 5.53. The molecule has 0 unspecified atom stereocenters. The van der Waals surface area contributed by atoms with Crippen molar-refractivity contribution in [2.24, 2.45) is 0 Å². The van der Waals surface area contributed by atoms with Crippen LogP contribution in [0.15, 0.2) is 40.9 Å². The van der Waals surface area contributed by atoms with Gasteiger partial charge in [0.25, 0.3) is 0 Å². The summed E-state index contributed by atoms with van der Waals surface area (Å²) in [5, 5.41) is 0. The quantitative estimate of drug-likeness (QED) is 0.657. The van der Waals surface area contributed by atoms with E-state index in [0.717, 1.165) is 28.8 Å². The van der Waals surface area contributed by atoms with Gasteiger partial charge in [0.1, 0.15) is 13.2 Å². The molecule has 0 atom stereocenters. The van der Waals surface area contributed by atoms with E-state index in [1.807, 2.05) is 41.3 Å². The number of carbonyl (C=O) groups excluding carboxylic acids is 2. The van der Waals surface area contributed by atoms with Crippen molar-refractivity contribution in [2.75, 3.05) is 44.3 Å². The molecule has 1 saturated heterocycles. The number of Topliss-reactive ketones (excluding diaryl/α,β-unsaturated/α-hetero) is 1. The largest absolute Gasteiger partial charge is 0.486 e. The summed E-state index contributed by atoms with van der Waals surface area (Å²) in [6.07, 6.45) is 0.324. The minimum atomic E-state index is 0.0669. The van der Waals surface area contributed by atoms with Crippen molar-refractivity contribution >= 4 is 33.3 Å². The molecule has 0 aliphatic carbocycles. The summed E-state index contributed by atoms with van der Waals surface area (Å²) in [4.78, 5) is 28.4. The number of hydrogen-bond donors (Lipinski definition) is 0. The summed E-state index contributed by atoms with van der Waals surface area (Å²) in [7, 11) is 0. The second-order valence-corrected chi connectivity index (χ2v) is 8.09. The topological polar surface area (TPSA) is 59.1 Å². The van der Waals surface area contributed by atoms with Crippen LogP contribution in [0.5, 0.6) is 11.5 Å². The molecular formula is C22H23BrN2O4. The number of benzene rings is 2. The Balaban J connectivity index is 1.36. The van der Waals surface area contributed by atoms with Crippen LogP contribution in [0.1, 0.15) is 22.8 Å². The monoisotopic (exact) mass is 458 g/mol. The fourth-order valence-corrected chi connectivity index (χ4v) is 4.10. The average molecular weight is 459 g/mol. The fourth-order valence-electron chi connectivity index (χ4n) is 3.64. The summed E-state index contributed by atoms with van der Waals surface area (Å²) >= 11 is 3.55. The fraction of sp³-hybridized carbons (Fsp3) is 0.364. The first kappa shape index (κ1) is 19.8. The number of rotatable bonds is 4. The van der Waals surface area contributed by atoms with E-state index >= 15 is 0 Å². The smallest absolute Gasteiger partial charge is 0.227 e. The molecule has 1 amide bonds. The number of ketones is 1. The minimum Gasteiger partial charge on any atom is -0.486 e. The van der Waals surface area contributed by atoms with Gasteiger partial charge in [-0.15, -0.1) is 0 Å². The van der Waals surface area contributed by atoms with E-state index in [-0.39, 0.29) is 11.7 Å². The number of piperazine rings is 1. The molecule has 2 heterocycles. The second-order valence-electron chi connectivity index (χ2n) is 7.23. The molecule has 29 heavy (non-hydrogen) atoms. The maximum Gasteiger partial charge on any atom is 0.227 e. The summed E-state index contributed by atoms with van der Waals surface area (Å²) in [6, 6.07) is 11.4. The van der Waals surface area contributed by atoms with Crippen LogP contribution in [0, 0.1) is 0 Å². The predicted octanol–water partition coefficient (Wildman–Crippen LogP) is 3.31. The first-order valence-corrected chi connectivity index (χ1v) is 10.5. The molecule has 4 rings (SSSR count). The van der Waals surface area contributed by atoms with Crippen LogP contribution in [-0.4, -0.2) is 56.0 Å². The molecule has 7 heteroatoms. The van der Waals surface area contributed by atoms with Gasteiger partial charge in [0.2, 0.25) is 5.91 Å². The van der Waals surface area contributed by atoms with Gasteiger partial charge in [0, 0.05) is 41.9 Å². The Morgan fingerprint density at radius 1 is 0.966 bits per heavy atom. The zero-order chi connectivity index (χ0) is 20.4. The van der Waals surface area contributed by atoms with Crippen molar-refractivity contribution in [3.05, 3.63) is 52.0 Å². The van der Waals surface area contributed by atoms with Gasteiger partial charge >= 0.3 is 0 Å². The first-order valence-electron chi connectivity index (χ1n) is 9.73. The lowest BCUT2D eigenvalue weighted by molar-refractivity contribution is -0.130. The highest BCUT2D eigenvalue weighted by Gasteiger charge is 2.23. The Labute approximate surface area is 178 Å². The van der Waals surface area contributed by atoms with E-state index in [4.69, 9.17) is 9.47 Å². The third kappa shape index (κ3) is 4.40. The highest BCUT2D eigenvalue weighted by Crippen LogP contribution is 2.36. The lowest BCUT2D eigenvalue weighted by Gasteiger charge is -2.36. The average Bonchev–Trinajstić information content (AvgIpc) is 2.74. The van der Waals surface area contributed by atoms with Gasteiger partial charge < -0.3 is 19.3 Å². The molecule has 0 spiro atoms. The van der Waals surface area contributed by atoms with Gasteiger partial charge in [0.15, 0.2) is 17.3 Å². The lowest BCUT2D eigenvalue weighted by atomic mass is 10.1. The van der Waals surface area contributed by atoms with E-state index in [2.05, 4.69) is 20.8 Å². The molecule has 1 fully saturated rings. The number of nitrogens with zero attached hydrogens (tertiary/aromatic N) is 2. The van der Waals surface area contributed by atoms with Crippen LogP contribution in [-0.2, 0) is 11.2 Å². The SMILES string of the molecule is CC(=O)c1ccc(N2CCN(C(=O)Cc3cc4c(cc3Br)OCCO4)CC2)cc1. The number of halogens is 1. The zero-order valence-electron chi connectivity index (χ0n) is 16.3. The van der Waals surface area contributed by atoms with Crippen LogP contribution >= 0.6 is 15.9 Å². The van der Waals surface area contributed by atoms with Crippen molar-refractivity contribution < 1.29 is 19.1 Å². The first-order chi connectivity index (χ1) is 14.0. The van der Waals surface area contributed by atoms with Crippen LogP contribution < -0.4 is 14.4 Å². The Bertz CT molecular complexity index is 921. The van der Waals surface area contributed by atoms with Crippen molar-refractivity contribution in [1.82, 2.24) is 4.90 Å². The van der Waals surface area contributed by atoms with E-state index in [0.29, 0.717) is 49.8 Å². The molecule has 6 nitrogen and oxygen atoms in total. The molecule has 0 aromatic heterocycles. The predicted molar refractivity (Wildman–Crippen MR) is 114 cm³/mol. The molecule has 152 valence electrons. The van der Waals surface area contributed by atoms with Crippen LogP contribution in [0.25, 0.3) is 0 Å². The molecule has 2 aliphatic rings. The maximum absolute atomic E-state index is 12.8. The highest BCUT2D eigenvalue weighted by atomic mass is 79.9. The number of amides is 1. The third-order valence-corrected chi connectivity index (χ3v) is 6.06. The third-order valence-electron chi connectivity index (χ3n) is 5.32. The second kappa shape index (κ2) is 8.45. The molecule has 2 aromatic carbocycles. The number of carbonyl (C=O) groups is 2. The van der Waals surface area contributed by atoms with Crippen molar-refractivity contribution in [2.45, 2.75) is 13.3 Å². The Morgan fingerprint density at radius 2 is 1.59 bits per heavy atom. The van der Waals surface area contributed by atoms with E-state index in [1.165, 1.54) is 0 Å². The Kier molecular flexibility index (Phi) is 5.76. The maximum atomic E-state index is 12.8. The summed E-state index contributed by atoms with van der Waals surface area (Å²) in [5.74, 6) is 1.58. The van der Waals surface area contributed by atoms with Gasteiger partial charge in [-0.05, 0) is 48.9 Å². The van der Waals surface area contributed by atoms with E-state index in [9.17, 15) is 9.59 Å². The van der Waals surface area contributed by atoms with Gasteiger partial charge in [-0.3, -0.25) is 9.59 Å². The summed E-state index contributed by atoms with van der Waals surface area (Å²) in [5.41, 5.74) is 2.70. The van der Waals surface area contributed by atoms with Crippen LogP contribution in [0.4, 0.5) is 5.69 Å². The molecule has 2 aromatic rings. The summed E-state index contributed by atoms with van der Waals surface area (Å²) < 4.78 is 12.1. The van der Waals surface area contributed by atoms with E-state index in [1.54, 1.807) is 6.92 Å². The molecule has 0 bridgehead atoms. The zero-order valence-corrected chi connectivity index (χ0v) is 17.9. The Hall–Kier alpha value is -2.54. The number of anilines is 1. The van der Waals surface area contributed by atoms with Crippen LogP contribution in [0.2, 0.25) is 0 Å². The molecule has 2 aliphatic heterocycles. The number of fused-ring (bicyclic) bond motifs is 1. The van der Waals surface area contributed by atoms with Crippen molar-refractivity contribution in [1.29, 1.82) is 0 Å². The number of ether oxygens (including phenoxy) is 2. The molecule has 0 N–H and O–H groups in total. The van der Waals surface area contributed by atoms with Gasteiger partial charge in [0.05, 0.1) is 6.42 Å². The normalized spacial score (nSPS) is 15.9. The molecular weight excluding hydrogens is 436 g/mol. The van der Waals surface area contributed by atoms with Crippen LogP contribution in [0.3, 0.4) is 0 Å². The van der Waals surface area contributed by atoms with Gasteiger partial charge in [-0.2, -0.15) is 0 Å². The lowest BCUT2D eigenvalue weighted by Crippen LogP contribution is -2.49. The van der Waals surface area contributed by atoms with Gasteiger partial charge in [-0.25, -0.2) is 0 Å². The highest BCUT2D eigenvalue weighted by molar-refractivity contribution is 9.10. The number of hydrogen-bond acceptors (Lipinski definition) is 5. The van der Waals surface area contributed by atoms with Crippen molar-refractivity contribution in [3.63, 3.8) is 0 Å². The van der Waals surface area contributed by atoms with Crippen molar-refractivity contribution in [3.8, 4) is 11.5 Å². The molecule has 0 saturated carbocycles. The standard InChI is InChI=1S/C22H23BrN2O4/c1-15(26)16-2-4-18(5-3-16)24-6-8-25(9-7-24)22(27)13-17-12-20-21(14-19(17)23)29-11-10-28-20/h2-5,12,14H,6-11,13H2,1H3. The van der Waals surface area contributed by atoms with E-state index < -0.39 is 0 Å². The van der Waals surface area contributed by atoms with Gasteiger partial charge in [-0.1, -0.05) is 15.9 Å². The Morgan fingerprint density at radius 3 is 2.21 bits per heavy atom. The minimum absolute atomic E-state index is 0.0669.